The van der Waals surface area contributed by atoms with E-state index in [9.17, 15) is 4.79 Å². The minimum Gasteiger partial charge on any atom is -0.485 e. The van der Waals surface area contributed by atoms with Gasteiger partial charge >= 0.3 is 0 Å². The van der Waals surface area contributed by atoms with Crippen molar-refractivity contribution in [2.45, 2.75) is 6.61 Å². The van der Waals surface area contributed by atoms with Gasteiger partial charge in [-0.05, 0) is 17.7 Å². The third-order valence-corrected chi connectivity index (χ3v) is 3.20. The standard InChI is InChI=1S/C16H15NO3/c1-17-11-20-15-13(16(17)18)8-5-9-14(15)19-10-12-6-3-2-4-7-12/h2-9H,10-11H2,1H3. The lowest BCUT2D eigenvalue weighted by Gasteiger charge is -2.26. The van der Waals surface area contributed by atoms with E-state index in [1.807, 2.05) is 36.4 Å². The highest BCUT2D eigenvalue weighted by atomic mass is 16.5. The summed E-state index contributed by atoms with van der Waals surface area (Å²) in [5.74, 6) is 1.09. The highest BCUT2D eigenvalue weighted by Gasteiger charge is 2.25. The first-order chi connectivity index (χ1) is 9.75. The summed E-state index contributed by atoms with van der Waals surface area (Å²) < 4.78 is 11.4. The summed E-state index contributed by atoms with van der Waals surface area (Å²) in [6.45, 7) is 0.697. The molecule has 1 heterocycles. The number of fused-ring (bicyclic) bond motifs is 1. The maximum atomic E-state index is 12.0. The fourth-order valence-electron chi connectivity index (χ4n) is 2.11. The van der Waals surface area contributed by atoms with Crippen molar-refractivity contribution in [2.75, 3.05) is 13.8 Å². The zero-order valence-corrected chi connectivity index (χ0v) is 11.2. The monoisotopic (exact) mass is 269 g/mol. The van der Waals surface area contributed by atoms with Crippen LogP contribution in [0.3, 0.4) is 0 Å². The van der Waals surface area contributed by atoms with Gasteiger partial charge < -0.3 is 14.4 Å². The molecule has 0 aromatic heterocycles. The summed E-state index contributed by atoms with van der Waals surface area (Å²) in [4.78, 5) is 13.6. The fraction of sp³-hybridized carbons (Fsp3) is 0.188. The van der Waals surface area contributed by atoms with Crippen molar-refractivity contribution in [1.29, 1.82) is 0 Å². The molecule has 4 heteroatoms. The molecule has 0 saturated heterocycles. The van der Waals surface area contributed by atoms with Gasteiger partial charge in [-0.15, -0.1) is 0 Å². The van der Waals surface area contributed by atoms with Crippen LogP contribution in [-0.2, 0) is 6.61 Å². The van der Waals surface area contributed by atoms with E-state index < -0.39 is 0 Å². The Morgan fingerprint density at radius 3 is 2.75 bits per heavy atom. The molecule has 20 heavy (non-hydrogen) atoms. The molecule has 0 spiro atoms. The van der Waals surface area contributed by atoms with E-state index in [1.165, 1.54) is 4.90 Å². The van der Waals surface area contributed by atoms with Crippen LogP contribution in [0.2, 0.25) is 0 Å². The highest BCUT2D eigenvalue weighted by Crippen LogP contribution is 2.34. The quantitative estimate of drug-likeness (QED) is 0.860. The molecule has 2 aromatic rings. The number of nitrogens with zero attached hydrogens (tertiary/aromatic N) is 1. The molecule has 102 valence electrons. The van der Waals surface area contributed by atoms with Gasteiger partial charge in [0.15, 0.2) is 18.2 Å². The van der Waals surface area contributed by atoms with Gasteiger partial charge in [0.2, 0.25) is 0 Å². The van der Waals surface area contributed by atoms with Crippen LogP contribution in [0.5, 0.6) is 11.5 Å². The predicted octanol–water partition coefficient (Wildman–Crippen LogP) is 2.69. The average Bonchev–Trinajstić information content (AvgIpc) is 2.50. The molecule has 0 atom stereocenters. The second-order valence-electron chi connectivity index (χ2n) is 4.68. The van der Waals surface area contributed by atoms with Crippen LogP contribution in [0.1, 0.15) is 15.9 Å². The van der Waals surface area contributed by atoms with E-state index in [0.29, 0.717) is 23.7 Å². The van der Waals surface area contributed by atoms with E-state index in [-0.39, 0.29) is 12.6 Å². The number of para-hydroxylation sites is 1. The molecule has 0 radical (unpaired) electrons. The van der Waals surface area contributed by atoms with Crippen molar-refractivity contribution in [2.24, 2.45) is 0 Å². The lowest BCUT2D eigenvalue weighted by Crippen LogP contribution is -2.35. The molecule has 4 nitrogen and oxygen atoms in total. The van der Waals surface area contributed by atoms with Crippen LogP contribution in [0, 0.1) is 0 Å². The first kappa shape index (κ1) is 12.5. The summed E-state index contributed by atoms with van der Waals surface area (Å²) in [5.41, 5.74) is 1.62. The van der Waals surface area contributed by atoms with Crippen molar-refractivity contribution in [3.8, 4) is 11.5 Å². The summed E-state index contributed by atoms with van der Waals surface area (Å²) >= 11 is 0. The van der Waals surface area contributed by atoms with Gasteiger partial charge in [0.05, 0.1) is 5.56 Å². The second kappa shape index (κ2) is 5.25. The Bertz CT molecular complexity index is 625. The Hall–Kier alpha value is -2.49. The van der Waals surface area contributed by atoms with E-state index in [4.69, 9.17) is 9.47 Å². The molecular weight excluding hydrogens is 254 g/mol. The van der Waals surface area contributed by atoms with Crippen LogP contribution >= 0.6 is 0 Å². The van der Waals surface area contributed by atoms with Crippen LogP contribution in [0.25, 0.3) is 0 Å². The van der Waals surface area contributed by atoms with E-state index in [1.54, 1.807) is 19.2 Å². The molecule has 1 aliphatic rings. The number of carbonyl (C=O) groups is 1. The number of hydrogen-bond donors (Lipinski definition) is 0. The van der Waals surface area contributed by atoms with Crippen LogP contribution in [-0.4, -0.2) is 24.6 Å². The molecule has 1 amide bonds. The minimum atomic E-state index is -0.0450. The first-order valence-corrected chi connectivity index (χ1v) is 6.44. The van der Waals surface area contributed by atoms with E-state index in [2.05, 4.69) is 0 Å². The predicted molar refractivity (Wildman–Crippen MR) is 74.8 cm³/mol. The number of hydrogen-bond acceptors (Lipinski definition) is 3. The maximum absolute atomic E-state index is 12.0. The van der Waals surface area contributed by atoms with Crippen molar-refractivity contribution in [1.82, 2.24) is 4.90 Å². The molecule has 0 bridgehead atoms. The van der Waals surface area contributed by atoms with Crippen LogP contribution < -0.4 is 9.47 Å². The first-order valence-electron chi connectivity index (χ1n) is 6.44. The smallest absolute Gasteiger partial charge is 0.260 e. The van der Waals surface area contributed by atoms with Crippen molar-refractivity contribution in [3.05, 3.63) is 59.7 Å². The molecule has 3 rings (SSSR count). The summed E-state index contributed by atoms with van der Waals surface area (Å²) in [5, 5.41) is 0. The van der Waals surface area contributed by atoms with Crippen molar-refractivity contribution in [3.63, 3.8) is 0 Å². The lowest BCUT2D eigenvalue weighted by molar-refractivity contribution is 0.0584. The Morgan fingerprint density at radius 2 is 1.95 bits per heavy atom. The third kappa shape index (κ3) is 2.32. The third-order valence-electron chi connectivity index (χ3n) is 3.20. The van der Waals surface area contributed by atoms with Crippen LogP contribution in [0.15, 0.2) is 48.5 Å². The molecule has 1 aliphatic heterocycles. The zero-order chi connectivity index (χ0) is 13.9. The highest BCUT2D eigenvalue weighted by molar-refractivity contribution is 5.98. The zero-order valence-electron chi connectivity index (χ0n) is 11.2. The number of benzene rings is 2. The number of rotatable bonds is 3. The maximum Gasteiger partial charge on any atom is 0.260 e. The summed E-state index contributed by atoms with van der Waals surface area (Å²) in [6, 6.07) is 15.3. The van der Waals surface area contributed by atoms with E-state index in [0.717, 1.165) is 5.56 Å². The number of amides is 1. The summed E-state index contributed by atoms with van der Waals surface area (Å²) in [7, 11) is 1.71. The Labute approximate surface area is 117 Å². The molecule has 0 unspecified atom stereocenters. The molecule has 0 aliphatic carbocycles. The van der Waals surface area contributed by atoms with Crippen molar-refractivity contribution >= 4 is 5.91 Å². The minimum absolute atomic E-state index is 0.0450. The van der Waals surface area contributed by atoms with Gasteiger partial charge in [0, 0.05) is 7.05 Å². The lowest BCUT2D eigenvalue weighted by atomic mass is 10.1. The van der Waals surface area contributed by atoms with Crippen LogP contribution in [0.4, 0.5) is 0 Å². The largest absolute Gasteiger partial charge is 0.485 e. The van der Waals surface area contributed by atoms with Gasteiger partial charge in [-0.25, -0.2) is 0 Å². The Kier molecular flexibility index (Phi) is 3.29. The molecular formula is C16H15NO3. The average molecular weight is 269 g/mol. The Morgan fingerprint density at radius 1 is 1.15 bits per heavy atom. The molecule has 0 saturated carbocycles. The van der Waals surface area contributed by atoms with Gasteiger partial charge in [-0.2, -0.15) is 0 Å². The van der Waals surface area contributed by atoms with Gasteiger partial charge in [0.1, 0.15) is 6.61 Å². The second-order valence-corrected chi connectivity index (χ2v) is 4.68. The SMILES string of the molecule is CN1COc2c(OCc3ccccc3)cccc2C1=O. The molecule has 2 aromatic carbocycles. The van der Waals surface area contributed by atoms with Gasteiger partial charge in [0.25, 0.3) is 5.91 Å². The van der Waals surface area contributed by atoms with Gasteiger partial charge in [-0.3, -0.25) is 4.79 Å². The fourth-order valence-corrected chi connectivity index (χ4v) is 2.11. The Balaban J connectivity index is 1.83. The number of ether oxygens (including phenoxy) is 2. The summed E-state index contributed by atoms with van der Waals surface area (Å²) in [6.07, 6.45) is 0. The van der Waals surface area contributed by atoms with E-state index >= 15 is 0 Å². The van der Waals surface area contributed by atoms with Gasteiger partial charge in [-0.1, -0.05) is 36.4 Å². The normalized spacial score (nSPS) is 13.7. The molecule has 0 N–H and O–H groups in total. The topological polar surface area (TPSA) is 38.8 Å². The molecule has 0 fully saturated rings. The van der Waals surface area contributed by atoms with Crippen molar-refractivity contribution < 1.29 is 14.3 Å². The number of carbonyl (C=O) groups excluding carboxylic acids is 1.